The number of hydrogen-bond donors (Lipinski definition) is 1. The maximum absolute atomic E-state index is 15.3. The van der Waals surface area contributed by atoms with Gasteiger partial charge in [-0.3, -0.25) is 4.79 Å². The highest BCUT2D eigenvalue weighted by molar-refractivity contribution is 5.97. The summed E-state index contributed by atoms with van der Waals surface area (Å²) in [5.41, 5.74) is -0.336. The first-order valence-electron chi connectivity index (χ1n) is 11.2. The van der Waals surface area contributed by atoms with Gasteiger partial charge >= 0.3 is 5.97 Å². The van der Waals surface area contributed by atoms with Crippen molar-refractivity contribution in [1.82, 2.24) is 4.57 Å². The number of benzene rings is 1. The summed E-state index contributed by atoms with van der Waals surface area (Å²) >= 11 is 0. The number of hydrogen-bond acceptors (Lipinski definition) is 6. The van der Waals surface area contributed by atoms with Crippen LogP contribution in [0.15, 0.2) is 17.1 Å². The van der Waals surface area contributed by atoms with Gasteiger partial charge in [0.1, 0.15) is 11.3 Å². The van der Waals surface area contributed by atoms with Crippen molar-refractivity contribution in [3.8, 4) is 5.75 Å². The van der Waals surface area contributed by atoms with Gasteiger partial charge in [-0.1, -0.05) is 13.8 Å². The van der Waals surface area contributed by atoms with E-state index >= 15 is 4.39 Å². The number of nitrogens with zero attached hydrogens (tertiary/aromatic N) is 2. The molecule has 2 aliphatic heterocycles. The number of rotatable bonds is 4. The minimum absolute atomic E-state index is 0.0239. The normalized spacial score (nSPS) is 19.7. The maximum Gasteiger partial charge on any atom is 0.341 e. The Morgan fingerprint density at radius 1 is 1.22 bits per heavy atom. The monoisotopic (exact) mass is 448 g/mol. The van der Waals surface area contributed by atoms with Crippen LogP contribution in [0.5, 0.6) is 5.75 Å². The molecular formula is C23H29FN2O6. The lowest BCUT2D eigenvalue weighted by atomic mass is 10.0. The van der Waals surface area contributed by atoms with Gasteiger partial charge in [0.15, 0.2) is 17.4 Å². The van der Waals surface area contributed by atoms with Gasteiger partial charge in [-0.15, -0.1) is 0 Å². The Labute approximate surface area is 185 Å². The Kier molecular flexibility index (Phi) is 6.13. The average molecular weight is 448 g/mol. The fourth-order valence-electron chi connectivity index (χ4n) is 4.58. The van der Waals surface area contributed by atoms with Crippen LogP contribution in [-0.2, 0) is 9.47 Å². The minimum atomic E-state index is -1.32. The third-order valence-corrected chi connectivity index (χ3v) is 6.23. The third-order valence-electron chi connectivity index (χ3n) is 6.23. The summed E-state index contributed by atoms with van der Waals surface area (Å²) in [4.78, 5) is 26.2. The molecular weight excluding hydrogens is 419 g/mol. The predicted octanol–water partition coefficient (Wildman–Crippen LogP) is 3.55. The number of carboxylic acids is 1. The Hall–Kier alpha value is -2.65. The van der Waals surface area contributed by atoms with Crippen molar-refractivity contribution < 1.29 is 28.5 Å². The van der Waals surface area contributed by atoms with Gasteiger partial charge in [0.25, 0.3) is 0 Å². The van der Waals surface area contributed by atoms with E-state index in [1.807, 2.05) is 18.7 Å². The van der Waals surface area contributed by atoms with E-state index < -0.39 is 23.0 Å². The van der Waals surface area contributed by atoms with E-state index in [9.17, 15) is 14.7 Å². The molecule has 3 fully saturated rings. The highest BCUT2D eigenvalue weighted by atomic mass is 19.1. The van der Waals surface area contributed by atoms with Crippen LogP contribution in [0.1, 0.15) is 55.9 Å². The van der Waals surface area contributed by atoms with Crippen molar-refractivity contribution in [1.29, 1.82) is 0 Å². The van der Waals surface area contributed by atoms with Gasteiger partial charge in [-0.25, -0.2) is 9.18 Å². The molecule has 1 aliphatic carbocycles. The molecule has 2 aromatic rings. The fraction of sp³-hybridized carbons (Fsp3) is 0.565. The molecule has 32 heavy (non-hydrogen) atoms. The Balaban J connectivity index is 0.00000119. The lowest BCUT2D eigenvalue weighted by Crippen LogP contribution is -2.45. The van der Waals surface area contributed by atoms with Gasteiger partial charge in [-0.2, -0.15) is 0 Å². The molecule has 0 bridgehead atoms. The van der Waals surface area contributed by atoms with E-state index in [1.54, 1.807) is 4.57 Å². The molecule has 1 saturated carbocycles. The Morgan fingerprint density at radius 3 is 2.38 bits per heavy atom. The van der Waals surface area contributed by atoms with Crippen molar-refractivity contribution >= 4 is 22.6 Å². The second-order valence-electron chi connectivity index (χ2n) is 8.05. The van der Waals surface area contributed by atoms with Gasteiger partial charge < -0.3 is 28.8 Å². The summed E-state index contributed by atoms with van der Waals surface area (Å²) in [6.45, 7) is 6.15. The van der Waals surface area contributed by atoms with Crippen molar-refractivity contribution in [3.05, 3.63) is 33.9 Å². The van der Waals surface area contributed by atoms with Crippen molar-refractivity contribution in [2.45, 2.75) is 51.4 Å². The smallest absolute Gasteiger partial charge is 0.341 e. The van der Waals surface area contributed by atoms with Crippen LogP contribution in [-0.4, -0.2) is 54.8 Å². The number of carbonyl (C=O) groups is 1. The number of fused-ring (bicyclic) bond motifs is 1. The van der Waals surface area contributed by atoms with Gasteiger partial charge in [0, 0.05) is 38.2 Å². The predicted molar refractivity (Wildman–Crippen MR) is 117 cm³/mol. The molecule has 1 aromatic carbocycles. The number of aromatic carboxylic acids is 1. The molecule has 3 aliphatic rings. The molecule has 5 rings (SSSR count). The number of piperidine rings is 1. The van der Waals surface area contributed by atoms with E-state index in [0.717, 1.165) is 18.9 Å². The van der Waals surface area contributed by atoms with Crippen LogP contribution in [0, 0.1) is 5.82 Å². The summed E-state index contributed by atoms with van der Waals surface area (Å²) in [6, 6.07) is 1.22. The second-order valence-corrected chi connectivity index (χ2v) is 8.05. The molecule has 0 unspecified atom stereocenters. The van der Waals surface area contributed by atoms with Crippen LogP contribution in [0.3, 0.4) is 0 Å². The van der Waals surface area contributed by atoms with Crippen LogP contribution in [0.25, 0.3) is 10.9 Å². The highest BCUT2D eigenvalue weighted by Gasteiger charge is 2.41. The van der Waals surface area contributed by atoms with Crippen molar-refractivity contribution in [2.75, 3.05) is 38.3 Å². The summed E-state index contributed by atoms with van der Waals surface area (Å²) in [5.74, 6) is -2.26. The highest BCUT2D eigenvalue weighted by Crippen LogP contribution is 2.45. The quantitative estimate of drug-likeness (QED) is 0.765. The molecule has 9 heteroatoms. The molecule has 8 nitrogen and oxygen atoms in total. The van der Waals surface area contributed by atoms with E-state index in [2.05, 4.69) is 0 Å². The molecule has 1 aromatic heterocycles. The average Bonchev–Trinajstić information content (AvgIpc) is 3.55. The number of ether oxygens (including phenoxy) is 3. The molecule has 0 amide bonds. The zero-order chi connectivity index (χ0) is 23.0. The third kappa shape index (κ3) is 3.73. The summed E-state index contributed by atoms with van der Waals surface area (Å²) < 4.78 is 34.2. The number of anilines is 1. The molecule has 174 valence electrons. The number of halogens is 1. The Bertz CT molecular complexity index is 1080. The first-order valence-corrected chi connectivity index (χ1v) is 11.2. The lowest BCUT2D eigenvalue weighted by molar-refractivity contribution is -0.169. The summed E-state index contributed by atoms with van der Waals surface area (Å²) in [7, 11) is 1.44. The van der Waals surface area contributed by atoms with Crippen LogP contribution >= 0.6 is 0 Å². The number of aromatic nitrogens is 1. The number of carboxylic acid groups (broad SMARTS) is 1. The van der Waals surface area contributed by atoms with E-state index in [1.165, 1.54) is 13.3 Å². The molecule has 1 spiro atoms. The molecule has 2 saturated heterocycles. The maximum atomic E-state index is 15.3. The second kappa shape index (κ2) is 8.71. The van der Waals surface area contributed by atoms with Crippen molar-refractivity contribution in [2.24, 2.45) is 0 Å². The number of pyridine rings is 1. The molecule has 0 radical (unpaired) electrons. The SMILES string of the molecule is CC.COc1c(N2CCC3(CC2)OCCO3)c(F)cc2c(=O)c(C(=O)O)cn(C3CC3)c12. The molecule has 1 N–H and O–H groups in total. The lowest BCUT2D eigenvalue weighted by Gasteiger charge is -2.39. The molecule has 3 heterocycles. The van der Waals surface area contributed by atoms with Gasteiger partial charge in [-0.05, 0) is 18.9 Å². The standard InChI is InChI=1S/C21H23FN2O6.C2H6/c1-28-19-16-13(18(25)14(20(26)27)11-24(16)12-2-3-12)10-15(22)17(19)23-6-4-21(5-7-23)29-8-9-30-21;1-2/h10-12H,2-9H2,1H3,(H,26,27);1-2H3. The number of methoxy groups -OCH3 is 1. The van der Waals surface area contributed by atoms with Crippen molar-refractivity contribution in [3.63, 3.8) is 0 Å². The van der Waals surface area contributed by atoms with Gasteiger partial charge in [0.2, 0.25) is 5.43 Å². The van der Waals surface area contributed by atoms with E-state index in [0.29, 0.717) is 44.7 Å². The van der Waals surface area contributed by atoms with Crippen LogP contribution < -0.4 is 15.1 Å². The zero-order valence-electron chi connectivity index (χ0n) is 18.6. The largest absolute Gasteiger partial charge is 0.492 e. The summed E-state index contributed by atoms with van der Waals surface area (Å²) in [6.07, 6.45) is 4.30. The topological polar surface area (TPSA) is 90.2 Å². The fourth-order valence-corrected chi connectivity index (χ4v) is 4.58. The first kappa shape index (κ1) is 22.5. The minimum Gasteiger partial charge on any atom is -0.492 e. The van der Waals surface area contributed by atoms with E-state index in [4.69, 9.17) is 14.2 Å². The van der Waals surface area contributed by atoms with Crippen LogP contribution in [0.4, 0.5) is 10.1 Å². The van der Waals surface area contributed by atoms with Gasteiger partial charge in [0.05, 0.1) is 31.2 Å². The first-order chi connectivity index (χ1) is 15.4. The summed E-state index contributed by atoms with van der Waals surface area (Å²) in [5, 5.41) is 9.46. The van der Waals surface area contributed by atoms with Crippen LogP contribution in [0.2, 0.25) is 0 Å². The Morgan fingerprint density at radius 2 is 1.84 bits per heavy atom. The molecule has 0 atom stereocenters. The van der Waals surface area contributed by atoms with E-state index in [-0.39, 0.29) is 28.4 Å². The zero-order valence-corrected chi connectivity index (χ0v) is 18.6.